The first-order valence-corrected chi connectivity index (χ1v) is 6.74. The van der Waals surface area contributed by atoms with Gasteiger partial charge >= 0.3 is 5.97 Å². The molecule has 1 heterocycles. The second-order valence-electron chi connectivity index (χ2n) is 4.94. The van der Waals surface area contributed by atoms with Gasteiger partial charge in [-0.05, 0) is 24.6 Å². The molecule has 0 radical (unpaired) electrons. The lowest BCUT2D eigenvalue weighted by Gasteiger charge is -2.15. The summed E-state index contributed by atoms with van der Waals surface area (Å²) >= 11 is 0. The molecule has 0 atom stereocenters. The first kappa shape index (κ1) is 15.7. The Hall–Kier alpha value is -2.70. The molecule has 1 N–H and O–H groups in total. The normalized spacial score (nSPS) is 14.2. The number of amides is 3. The molecule has 3 amide bonds. The van der Waals surface area contributed by atoms with E-state index in [1.807, 2.05) is 0 Å². The van der Waals surface area contributed by atoms with Gasteiger partial charge in [-0.1, -0.05) is 6.07 Å². The Kier molecular flexibility index (Phi) is 4.55. The molecule has 1 aromatic rings. The van der Waals surface area contributed by atoms with Crippen molar-refractivity contribution in [3.8, 4) is 0 Å². The lowest BCUT2D eigenvalue weighted by atomic mass is 10.1. The van der Waals surface area contributed by atoms with Gasteiger partial charge in [-0.15, -0.1) is 0 Å². The predicted octanol–water partition coefficient (Wildman–Crippen LogP) is 0.869. The topological polar surface area (TPSA) is 92.8 Å². The molecule has 0 aromatic heterocycles. The molecular formula is C15H16N2O5. The lowest BCUT2D eigenvalue weighted by molar-refractivity contribution is -0.141. The minimum absolute atomic E-state index is 0.142. The molecule has 1 fully saturated rings. The number of likely N-dealkylation sites (tertiary alicyclic amines) is 1. The van der Waals surface area contributed by atoms with Crippen molar-refractivity contribution in [3.63, 3.8) is 0 Å². The van der Waals surface area contributed by atoms with Crippen LogP contribution in [0.15, 0.2) is 18.2 Å². The van der Waals surface area contributed by atoms with E-state index >= 15 is 0 Å². The van der Waals surface area contributed by atoms with Gasteiger partial charge in [-0.2, -0.15) is 0 Å². The van der Waals surface area contributed by atoms with E-state index in [0.717, 1.165) is 10.5 Å². The van der Waals surface area contributed by atoms with Gasteiger partial charge in [-0.25, -0.2) is 4.79 Å². The van der Waals surface area contributed by atoms with Crippen LogP contribution >= 0.6 is 0 Å². The summed E-state index contributed by atoms with van der Waals surface area (Å²) in [6, 6.07) is 4.76. The maximum Gasteiger partial charge on any atom is 0.337 e. The second-order valence-corrected chi connectivity index (χ2v) is 4.94. The number of benzene rings is 1. The highest BCUT2D eigenvalue weighted by Gasteiger charge is 2.30. The van der Waals surface area contributed by atoms with Gasteiger partial charge in [0.2, 0.25) is 17.7 Å². The number of nitrogens with one attached hydrogen (secondary N) is 1. The summed E-state index contributed by atoms with van der Waals surface area (Å²) in [5.41, 5.74) is 1.49. The molecule has 7 nitrogen and oxygen atoms in total. The fourth-order valence-corrected chi connectivity index (χ4v) is 2.13. The molecule has 0 spiro atoms. The highest BCUT2D eigenvalue weighted by atomic mass is 16.5. The third kappa shape index (κ3) is 3.30. The van der Waals surface area contributed by atoms with E-state index in [9.17, 15) is 19.2 Å². The standard InChI is InChI=1S/C15H16N2O5/c1-9-3-4-10(15(21)22-2)7-11(9)16-12(18)8-17-13(19)5-6-14(17)20/h3-4,7H,5-6,8H2,1-2H3,(H,16,18). The number of esters is 1. The van der Waals surface area contributed by atoms with Crippen LogP contribution in [0.1, 0.15) is 28.8 Å². The molecule has 1 aromatic carbocycles. The number of aryl methyl sites for hydroxylation is 1. The zero-order valence-electron chi connectivity index (χ0n) is 12.3. The molecule has 0 aliphatic carbocycles. The Morgan fingerprint density at radius 2 is 1.86 bits per heavy atom. The van der Waals surface area contributed by atoms with Gasteiger partial charge < -0.3 is 10.1 Å². The third-order valence-electron chi connectivity index (χ3n) is 3.39. The highest BCUT2D eigenvalue weighted by molar-refractivity contribution is 6.06. The van der Waals surface area contributed by atoms with Crippen molar-refractivity contribution in [3.05, 3.63) is 29.3 Å². The summed E-state index contributed by atoms with van der Waals surface area (Å²) in [5, 5.41) is 2.60. The zero-order chi connectivity index (χ0) is 16.3. The molecule has 1 saturated heterocycles. The average Bonchev–Trinajstić information content (AvgIpc) is 2.80. The number of carbonyl (C=O) groups excluding carboxylic acids is 4. The molecule has 116 valence electrons. The summed E-state index contributed by atoms with van der Waals surface area (Å²) in [5.74, 6) is -1.70. The number of nitrogens with zero attached hydrogens (tertiary/aromatic N) is 1. The molecular weight excluding hydrogens is 288 g/mol. The van der Waals surface area contributed by atoms with Crippen LogP contribution < -0.4 is 5.32 Å². The van der Waals surface area contributed by atoms with Gasteiger partial charge in [0.1, 0.15) is 6.54 Å². The number of methoxy groups -OCH3 is 1. The quantitative estimate of drug-likeness (QED) is 0.658. The van der Waals surface area contributed by atoms with Crippen LogP contribution in [0.3, 0.4) is 0 Å². The van der Waals surface area contributed by atoms with E-state index in [4.69, 9.17) is 0 Å². The van der Waals surface area contributed by atoms with Crippen LogP contribution in [-0.4, -0.2) is 42.2 Å². The van der Waals surface area contributed by atoms with Gasteiger partial charge in [0.05, 0.1) is 12.7 Å². The Morgan fingerprint density at radius 1 is 1.23 bits per heavy atom. The Balaban J connectivity index is 2.09. The number of anilines is 1. The van der Waals surface area contributed by atoms with E-state index in [1.54, 1.807) is 19.1 Å². The van der Waals surface area contributed by atoms with E-state index in [-0.39, 0.29) is 31.2 Å². The number of rotatable bonds is 4. The summed E-state index contributed by atoms with van der Waals surface area (Å²) in [6.07, 6.45) is 0.284. The number of ether oxygens (including phenoxy) is 1. The summed E-state index contributed by atoms with van der Waals surface area (Å²) in [6.45, 7) is 1.45. The molecule has 7 heteroatoms. The van der Waals surface area contributed by atoms with E-state index in [0.29, 0.717) is 11.3 Å². The summed E-state index contributed by atoms with van der Waals surface area (Å²) < 4.78 is 4.62. The van der Waals surface area contributed by atoms with Crippen molar-refractivity contribution in [2.75, 3.05) is 19.0 Å². The molecule has 2 rings (SSSR count). The van der Waals surface area contributed by atoms with E-state index in [1.165, 1.54) is 13.2 Å². The minimum atomic E-state index is -0.514. The molecule has 0 unspecified atom stereocenters. The first-order valence-electron chi connectivity index (χ1n) is 6.74. The van der Waals surface area contributed by atoms with Gasteiger partial charge in [-0.3, -0.25) is 19.3 Å². The fourth-order valence-electron chi connectivity index (χ4n) is 2.13. The van der Waals surface area contributed by atoms with Crippen molar-refractivity contribution in [1.82, 2.24) is 4.90 Å². The predicted molar refractivity (Wildman–Crippen MR) is 77.1 cm³/mol. The van der Waals surface area contributed by atoms with Crippen LogP contribution in [0.25, 0.3) is 0 Å². The highest BCUT2D eigenvalue weighted by Crippen LogP contribution is 2.18. The van der Waals surface area contributed by atoms with Crippen LogP contribution in [0.4, 0.5) is 5.69 Å². The van der Waals surface area contributed by atoms with E-state index in [2.05, 4.69) is 10.1 Å². The fraction of sp³-hybridized carbons (Fsp3) is 0.333. The SMILES string of the molecule is COC(=O)c1ccc(C)c(NC(=O)CN2C(=O)CCC2=O)c1. The van der Waals surface area contributed by atoms with Gasteiger partial charge in [0, 0.05) is 18.5 Å². The molecule has 0 bridgehead atoms. The van der Waals surface area contributed by atoms with Crippen molar-refractivity contribution >= 4 is 29.4 Å². The van der Waals surface area contributed by atoms with Crippen molar-refractivity contribution in [2.45, 2.75) is 19.8 Å². The third-order valence-corrected chi connectivity index (χ3v) is 3.39. The average molecular weight is 304 g/mol. The van der Waals surface area contributed by atoms with Crippen LogP contribution in [-0.2, 0) is 19.1 Å². The maximum atomic E-state index is 12.0. The zero-order valence-corrected chi connectivity index (χ0v) is 12.3. The van der Waals surface area contributed by atoms with Crippen LogP contribution in [0.5, 0.6) is 0 Å². The number of carbonyl (C=O) groups is 4. The number of imide groups is 1. The number of hydrogen-bond donors (Lipinski definition) is 1. The minimum Gasteiger partial charge on any atom is -0.465 e. The van der Waals surface area contributed by atoms with Crippen molar-refractivity contribution in [1.29, 1.82) is 0 Å². The molecule has 22 heavy (non-hydrogen) atoms. The summed E-state index contributed by atoms with van der Waals surface area (Å²) in [4.78, 5) is 47.4. The molecule has 0 saturated carbocycles. The maximum absolute atomic E-state index is 12.0. The van der Waals surface area contributed by atoms with Gasteiger partial charge in [0.25, 0.3) is 0 Å². The molecule has 1 aliphatic rings. The van der Waals surface area contributed by atoms with Crippen LogP contribution in [0.2, 0.25) is 0 Å². The van der Waals surface area contributed by atoms with E-state index < -0.39 is 11.9 Å². The smallest absolute Gasteiger partial charge is 0.337 e. The van der Waals surface area contributed by atoms with Gasteiger partial charge in [0.15, 0.2) is 0 Å². The largest absolute Gasteiger partial charge is 0.465 e. The Labute approximate surface area is 127 Å². The first-order chi connectivity index (χ1) is 10.4. The lowest BCUT2D eigenvalue weighted by Crippen LogP contribution is -2.37. The molecule has 1 aliphatic heterocycles. The summed E-state index contributed by atoms with van der Waals surface area (Å²) in [7, 11) is 1.27. The monoisotopic (exact) mass is 304 g/mol. The number of hydrogen-bond acceptors (Lipinski definition) is 5. The Bertz CT molecular complexity index is 637. The van der Waals surface area contributed by atoms with Crippen LogP contribution in [0, 0.1) is 6.92 Å². The Morgan fingerprint density at radius 3 is 2.45 bits per heavy atom. The second kappa shape index (κ2) is 6.38. The van der Waals surface area contributed by atoms with Crippen molar-refractivity contribution in [2.24, 2.45) is 0 Å². The van der Waals surface area contributed by atoms with Crippen molar-refractivity contribution < 1.29 is 23.9 Å².